The Hall–Kier alpha value is -1.58. The van der Waals surface area contributed by atoms with Crippen LogP contribution in [0.3, 0.4) is 0 Å². The second-order valence-electron chi connectivity index (χ2n) is 4.15. The van der Waals surface area contributed by atoms with E-state index >= 15 is 0 Å². The molecule has 90 valence electrons. The van der Waals surface area contributed by atoms with Crippen LogP contribution in [0.25, 0.3) is 22.3 Å². The molecule has 0 bridgehead atoms. The Kier molecular flexibility index (Phi) is 2.94. The zero-order valence-electron chi connectivity index (χ0n) is 9.56. The number of furan rings is 1. The largest absolute Gasteiger partial charge is 0.456 e. The van der Waals surface area contributed by atoms with Crippen molar-refractivity contribution >= 4 is 26.9 Å². The fourth-order valence-electron chi connectivity index (χ4n) is 1.93. The van der Waals surface area contributed by atoms with Crippen LogP contribution in [0.2, 0.25) is 0 Å². The summed E-state index contributed by atoms with van der Waals surface area (Å²) in [7, 11) is 0. The number of fused-ring (bicyclic) bond motifs is 1. The molecule has 0 aliphatic carbocycles. The summed E-state index contributed by atoms with van der Waals surface area (Å²) in [6.07, 6.45) is 0. The Bertz CT molecular complexity index is 683. The van der Waals surface area contributed by atoms with Crippen LogP contribution in [-0.2, 0) is 6.61 Å². The Balaban J connectivity index is 2.07. The first kappa shape index (κ1) is 11.5. The van der Waals surface area contributed by atoms with E-state index in [0.29, 0.717) is 0 Å². The highest BCUT2D eigenvalue weighted by atomic mass is 79.9. The van der Waals surface area contributed by atoms with Crippen LogP contribution >= 0.6 is 15.9 Å². The molecule has 3 heteroatoms. The first-order chi connectivity index (χ1) is 8.76. The van der Waals surface area contributed by atoms with Crippen LogP contribution in [0.1, 0.15) is 5.56 Å². The molecular formula is C15H11BrO2. The van der Waals surface area contributed by atoms with Gasteiger partial charge >= 0.3 is 0 Å². The Morgan fingerprint density at radius 1 is 1.00 bits per heavy atom. The zero-order chi connectivity index (χ0) is 12.5. The SMILES string of the molecule is OCc1ccc(-c2cc3cc(Br)ccc3o2)cc1. The molecule has 2 aromatic carbocycles. The first-order valence-electron chi connectivity index (χ1n) is 5.65. The van der Waals surface area contributed by atoms with Gasteiger partial charge in [-0.15, -0.1) is 0 Å². The molecule has 0 fully saturated rings. The van der Waals surface area contributed by atoms with Gasteiger partial charge in [-0.1, -0.05) is 40.2 Å². The molecule has 18 heavy (non-hydrogen) atoms. The van der Waals surface area contributed by atoms with Crippen LogP contribution in [0, 0.1) is 0 Å². The summed E-state index contributed by atoms with van der Waals surface area (Å²) >= 11 is 3.45. The van der Waals surface area contributed by atoms with Crippen molar-refractivity contribution in [3.63, 3.8) is 0 Å². The summed E-state index contributed by atoms with van der Waals surface area (Å²) < 4.78 is 6.84. The molecule has 0 unspecified atom stereocenters. The van der Waals surface area contributed by atoms with Crippen molar-refractivity contribution in [3.05, 3.63) is 58.6 Å². The molecule has 0 aliphatic heterocycles. The standard InChI is InChI=1S/C15H11BrO2/c16-13-5-6-14-12(7-13)8-15(18-14)11-3-1-10(9-17)2-4-11/h1-8,17H,9H2. The maximum atomic E-state index is 9.02. The van der Waals surface area contributed by atoms with E-state index in [9.17, 15) is 0 Å². The van der Waals surface area contributed by atoms with E-state index in [4.69, 9.17) is 9.52 Å². The van der Waals surface area contributed by atoms with E-state index in [2.05, 4.69) is 15.9 Å². The third kappa shape index (κ3) is 2.07. The van der Waals surface area contributed by atoms with Crippen molar-refractivity contribution < 1.29 is 9.52 Å². The number of aliphatic hydroxyl groups is 1. The van der Waals surface area contributed by atoms with Gasteiger partial charge < -0.3 is 9.52 Å². The lowest BCUT2D eigenvalue weighted by Gasteiger charge is -1.98. The smallest absolute Gasteiger partial charge is 0.135 e. The van der Waals surface area contributed by atoms with Crippen molar-refractivity contribution in [1.82, 2.24) is 0 Å². The molecule has 3 aromatic rings. The van der Waals surface area contributed by atoms with E-state index in [1.807, 2.05) is 48.5 Å². The lowest BCUT2D eigenvalue weighted by atomic mass is 10.1. The molecule has 1 heterocycles. The summed E-state index contributed by atoms with van der Waals surface area (Å²) in [6.45, 7) is 0.0629. The van der Waals surface area contributed by atoms with Gasteiger partial charge in [0.05, 0.1) is 6.61 Å². The fourth-order valence-corrected chi connectivity index (χ4v) is 2.31. The van der Waals surface area contributed by atoms with Crippen molar-refractivity contribution in [3.8, 4) is 11.3 Å². The fraction of sp³-hybridized carbons (Fsp3) is 0.0667. The zero-order valence-corrected chi connectivity index (χ0v) is 11.1. The van der Waals surface area contributed by atoms with Gasteiger partial charge in [0.2, 0.25) is 0 Å². The molecule has 1 N–H and O–H groups in total. The van der Waals surface area contributed by atoms with Gasteiger partial charge in [0.15, 0.2) is 0 Å². The quantitative estimate of drug-likeness (QED) is 0.763. The van der Waals surface area contributed by atoms with Gasteiger partial charge in [-0.05, 0) is 29.8 Å². The molecule has 0 aliphatic rings. The van der Waals surface area contributed by atoms with E-state index < -0.39 is 0 Å². The average Bonchev–Trinajstić information content (AvgIpc) is 2.81. The molecule has 0 amide bonds. The summed E-state index contributed by atoms with van der Waals surface area (Å²) in [5.74, 6) is 0.840. The normalized spacial score (nSPS) is 11.0. The van der Waals surface area contributed by atoms with Gasteiger partial charge in [0.1, 0.15) is 11.3 Å². The molecule has 2 nitrogen and oxygen atoms in total. The van der Waals surface area contributed by atoms with Gasteiger partial charge in [0, 0.05) is 15.4 Å². The van der Waals surface area contributed by atoms with E-state index in [1.165, 1.54) is 0 Å². The number of halogens is 1. The third-order valence-corrected chi connectivity index (χ3v) is 3.39. The minimum absolute atomic E-state index is 0.0629. The molecule has 3 rings (SSSR count). The number of aliphatic hydroxyl groups excluding tert-OH is 1. The lowest BCUT2D eigenvalue weighted by Crippen LogP contribution is -1.81. The highest BCUT2D eigenvalue weighted by molar-refractivity contribution is 9.10. The van der Waals surface area contributed by atoms with Gasteiger partial charge in [-0.2, -0.15) is 0 Å². The minimum Gasteiger partial charge on any atom is -0.456 e. The maximum Gasteiger partial charge on any atom is 0.135 e. The second-order valence-corrected chi connectivity index (χ2v) is 5.06. The number of benzene rings is 2. The van der Waals surface area contributed by atoms with Crippen molar-refractivity contribution in [2.75, 3.05) is 0 Å². The Labute approximate surface area is 113 Å². The van der Waals surface area contributed by atoms with Gasteiger partial charge in [-0.3, -0.25) is 0 Å². The van der Waals surface area contributed by atoms with E-state index in [-0.39, 0.29) is 6.61 Å². The van der Waals surface area contributed by atoms with Crippen LogP contribution < -0.4 is 0 Å². The van der Waals surface area contributed by atoms with Gasteiger partial charge in [0.25, 0.3) is 0 Å². The predicted molar refractivity (Wildman–Crippen MR) is 75.3 cm³/mol. The molecule has 0 spiro atoms. The number of hydrogen-bond acceptors (Lipinski definition) is 2. The highest BCUT2D eigenvalue weighted by Gasteiger charge is 2.06. The number of rotatable bonds is 2. The lowest BCUT2D eigenvalue weighted by molar-refractivity contribution is 0.282. The first-order valence-corrected chi connectivity index (χ1v) is 6.45. The summed E-state index contributed by atoms with van der Waals surface area (Å²) in [6, 6.07) is 15.7. The number of hydrogen-bond donors (Lipinski definition) is 1. The summed E-state index contributed by atoms with van der Waals surface area (Å²) in [5.41, 5.74) is 2.79. The summed E-state index contributed by atoms with van der Waals surface area (Å²) in [4.78, 5) is 0. The predicted octanol–water partition coefficient (Wildman–Crippen LogP) is 4.35. The van der Waals surface area contributed by atoms with Crippen molar-refractivity contribution in [2.24, 2.45) is 0 Å². The van der Waals surface area contributed by atoms with Crippen LogP contribution in [-0.4, -0.2) is 5.11 Å². The monoisotopic (exact) mass is 302 g/mol. The second kappa shape index (κ2) is 4.59. The summed E-state index contributed by atoms with van der Waals surface area (Å²) in [5, 5.41) is 10.1. The molecule has 0 saturated heterocycles. The minimum atomic E-state index is 0.0629. The topological polar surface area (TPSA) is 33.4 Å². The molecule has 0 atom stereocenters. The van der Waals surface area contributed by atoms with Crippen molar-refractivity contribution in [2.45, 2.75) is 6.61 Å². The van der Waals surface area contributed by atoms with E-state index in [1.54, 1.807) is 0 Å². The van der Waals surface area contributed by atoms with Crippen LogP contribution in [0.4, 0.5) is 0 Å². The third-order valence-electron chi connectivity index (χ3n) is 2.90. The van der Waals surface area contributed by atoms with Crippen LogP contribution in [0.15, 0.2) is 57.4 Å². The molecule has 0 saturated carbocycles. The molecule has 0 radical (unpaired) electrons. The van der Waals surface area contributed by atoms with Crippen molar-refractivity contribution in [1.29, 1.82) is 0 Å². The van der Waals surface area contributed by atoms with Crippen LogP contribution in [0.5, 0.6) is 0 Å². The maximum absolute atomic E-state index is 9.02. The Morgan fingerprint density at radius 3 is 2.50 bits per heavy atom. The molecular weight excluding hydrogens is 292 g/mol. The van der Waals surface area contributed by atoms with Gasteiger partial charge in [-0.25, -0.2) is 0 Å². The van der Waals surface area contributed by atoms with E-state index in [0.717, 1.165) is 32.3 Å². The highest BCUT2D eigenvalue weighted by Crippen LogP contribution is 2.29. The Morgan fingerprint density at radius 2 is 1.78 bits per heavy atom. The molecule has 1 aromatic heterocycles. The average molecular weight is 303 g/mol.